The van der Waals surface area contributed by atoms with E-state index in [0.717, 1.165) is 10.2 Å². The minimum Gasteiger partial charge on any atom is -0.310 e. The fourth-order valence-electron chi connectivity index (χ4n) is 2.15. The lowest BCUT2D eigenvalue weighted by Gasteiger charge is -2.06. The van der Waals surface area contributed by atoms with Gasteiger partial charge in [-0.2, -0.15) is 0 Å². The molecule has 0 amide bonds. The normalized spacial score (nSPS) is 10.7. The zero-order chi connectivity index (χ0) is 17.2. The van der Waals surface area contributed by atoms with Gasteiger partial charge in [-0.1, -0.05) is 23.5 Å². The van der Waals surface area contributed by atoms with Crippen molar-refractivity contribution < 1.29 is 4.92 Å². The Morgan fingerprint density at radius 3 is 2.48 bits per heavy atom. The van der Waals surface area contributed by atoms with Crippen molar-refractivity contribution >= 4 is 60.5 Å². The molecule has 0 bridgehead atoms. The van der Waals surface area contributed by atoms with Gasteiger partial charge in [0.15, 0.2) is 10.3 Å². The third-order valence-electron chi connectivity index (χ3n) is 3.18. The van der Waals surface area contributed by atoms with Crippen LogP contribution in [0.1, 0.15) is 0 Å². The molecule has 1 aromatic carbocycles. The molecule has 124 valence electrons. The van der Waals surface area contributed by atoms with Crippen LogP contribution in [0.4, 0.5) is 27.6 Å². The summed E-state index contributed by atoms with van der Waals surface area (Å²) in [6, 6.07) is 7.60. The van der Waals surface area contributed by atoms with E-state index in [4.69, 9.17) is 0 Å². The molecule has 4 aromatic rings. The van der Waals surface area contributed by atoms with Crippen molar-refractivity contribution in [1.29, 1.82) is 0 Å². The predicted octanol–water partition coefficient (Wildman–Crippen LogP) is 3.94. The molecule has 0 atom stereocenters. The highest BCUT2D eigenvalue weighted by Gasteiger charge is 2.24. The molecule has 9 nitrogen and oxygen atoms in total. The molecule has 0 unspecified atom stereocenters. The van der Waals surface area contributed by atoms with Crippen molar-refractivity contribution in [3.05, 3.63) is 52.3 Å². The molecule has 3 heterocycles. The molecule has 0 aliphatic carbocycles. The average Bonchev–Trinajstić information content (AvgIpc) is 3.23. The van der Waals surface area contributed by atoms with Gasteiger partial charge in [0.25, 0.3) is 0 Å². The summed E-state index contributed by atoms with van der Waals surface area (Å²) in [5.74, 6) is 0.136. The van der Waals surface area contributed by atoms with Crippen molar-refractivity contribution in [3.8, 4) is 0 Å². The van der Waals surface area contributed by atoms with Crippen LogP contribution in [-0.4, -0.2) is 24.9 Å². The summed E-state index contributed by atoms with van der Waals surface area (Å²) < 4.78 is 0.975. The Labute approximate surface area is 148 Å². The lowest BCUT2D eigenvalue weighted by molar-refractivity contribution is -0.383. The van der Waals surface area contributed by atoms with Crippen LogP contribution in [-0.2, 0) is 0 Å². The molecule has 25 heavy (non-hydrogen) atoms. The third kappa shape index (κ3) is 3.09. The summed E-state index contributed by atoms with van der Waals surface area (Å²) in [5, 5.41) is 20.1. The third-order valence-corrected chi connectivity index (χ3v) is 4.82. The Balaban J connectivity index is 1.72. The second-order valence-electron chi connectivity index (χ2n) is 4.75. The molecule has 11 heteroatoms. The molecule has 3 aromatic heterocycles. The van der Waals surface area contributed by atoms with Crippen molar-refractivity contribution in [2.24, 2.45) is 0 Å². The first-order valence-electron chi connectivity index (χ1n) is 6.99. The van der Waals surface area contributed by atoms with E-state index in [1.54, 1.807) is 11.6 Å². The van der Waals surface area contributed by atoms with Crippen LogP contribution in [0.15, 0.2) is 42.2 Å². The SMILES string of the molecule is O=[N+]([O-])c1c(Nc2nccs2)ncnc1Nc1nc2ccccc2s1. The minimum atomic E-state index is -0.536. The Hall–Kier alpha value is -3.18. The van der Waals surface area contributed by atoms with Gasteiger partial charge in [-0.05, 0) is 12.1 Å². The number of nitro groups is 1. The van der Waals surface area contributed by atoms with Crippen molar-refractivity contribution in [3.63, 3.8) is 0 Å². The largest absolute Gasteiger partial charge is 0.354 e. The highest BCUT2D eigenvalue weighted by atomic mass is 32.1. The summed E-state index contributed by atoms with van der Waals surface area (Å²) in [5.41, 5.74) is 0.546. The van der Waals surface area contributed by atoms with Crippen molar-refractivity contribution in [2.45, 2.75) is 0 Å². The molecule has 0 aliphatic rings. The van der Waals surface area contributed by atoms with Crippen molar-refractivity contribution in [2.75, 3.05) is 10.6 Å². The zero-order valence-corrected chi connectivity index (χ0v) is 14.0. The number of hydrogen-bond acceptors (Lipinski definition) is 10. The fourth-order valence-corrected chi connectivity index (χ4v) is 3.54. The van der Waals surface area contributed by atoms with Gasteiger partial charge >= 0.3 is 5.69 Å². The van der Waals surface area contributed by atoms with E-state index in [1.807, 2.05) is 24.3 Å². The van der Waals surface area contributed by atoms with Crippen LogP contribution < -0.4 is 10.6 Å². The number of benzene rings is 1. The number of aromatic nitrogens is 4. The summed E-state index contributed by atoms with van der Waals surface area (Å²) in [6.07, 6.45) is 2.85. The van der Waals surface area contributed by atoms with E-state index < -0.39 is 4.92 Å². The van der Waals surface area contributed by atoms with E-state index in [9.17, 15) is 10.1 Å². The van der Waals surface area contributed by atoms with Crippen molar-refractivity contribution in [1.82, 2.24) is 19.9 Å². The summed E-state index contributed by atoms with van der Waals surface area (Å²) >= 11 is 2.70. The number of fused-ring (bicyclic) bond motifs is 1. The quantitative estimate of drug-likeness (QED) is 0.400. The first-order valence-corrected chi connectivity index (χ1v) is 8.69. The number of hydrogen-bond donors (Lipinski definition) is 2. The number of thiazole rings is 2. The van der Waals surface area contributed by atoms with Crippen LogP contribution in [0.25, 0.3) is 10.2 Å². The van der Waals surface area contributed by atoms with E-state index in [2.05, 4.69) is 30.6 Å². The Kier molecular flexibility index (Phi) is 3.91. The lowest BCUT2D eigenvalue weighted by Crippen LogP contribution is -2.05. The maximum absolute atomic E-state index is 11.5. The van der Waals surface area contributed by atoms with Gasteiger partial charge < -0.3 is 10.6 Å². The molecule has 0 radical (unpaired) electrons. The van der Waals surface area contributed by atoms with Crippen LogP contribution >= 0.6 is 22.7 Å². The molecular formula is C14H9N7O2S2. The van der Waals surface area contributed by atoms with Gasteiger partial charge in [0, 0.05) is 11.6 Å². The first kappa shape index (κ1) is 15.4. The van der Waals surface area contributed by atoms with Crippen LogP contribution in [0, 0.1) is 10.1 Å². The maximum Gasteiger partial charge on any atom is 0.354 e. The van der Waals surface area contributed by atoms with Crippen LogP contribution in [0.2, 0.25) is 0 Å². The van der Waals surface area contributed by atoms with E-state index >= 15 is 0 Å². The molecule has 0 spiro atoms. The Morgan fingerprint density at radius 1 is 1.04 bits per heavy atom. The molecule has 0 aliphatic heterocycles. The van der Waals surface area contributed by atoms with Gasteiger partial charge in [-0.3, -0.25) is 10.1 Å². The molecular weight excluding hydrogens is 362 g/mol. The lowest BCUT2D eigenvalue weighted by atomic mass is 10.3. The molecule has 0 saturated carbocycles. The summed E-state index contributed by atoms with van der Waals surface area (Å²) in [4.78, 5) is 27.4. The number of para-hydroxylation sites is 1. The van der Waals surface area contributed by atoms with Gasteiger partial charge in [0.2, 0.25) is 11.6 Å². The molecule has 4 rings (SSSR count). The number of nitrogens with zero attached hydrogens (tertiary/aromatic N) is 5. The maximum atomic E-state index is 11.5. The topological polar surface area (TPSA) is 119 Å². The van der Waals surface area contributed by atoms with Crippen LogP contribution in [0.5, 0.6) is 0 Å². The average molecular weight is 371 g/mol. The standard InChI is InChI=1S/C14H9N7O2S2/c22-21(23)10-11(19-13-15-5-6-24-13)16-7-17-12(10)20-14-18-8-3-1-2-4-9(8)25-14/h1-7H,(H2,15,16,17,18,19,20). The molecule has 0 fully saturated rings. The minimum absolute atomic E-state index is 0.0677. The molecule has 2 N–H and O–H groups in total. The fraction of sp³-hybridized carbons (Fsp3) is 0. The van der Waals surface area contributed by atoms with Crippen LogP contribution in [0.3, 0.4) is 0 Å². The predicted molar refractivity (Wildman–Crippen MR) is 97.0 cm³/mol. The number of nitrogens with one attached hydrogen (secondary N) is 2. The second kappa shape index (κ2) is 6.37. The highest BCUT2D eigenvalue weighted by molar-refractivity contribution is 7.22. The second-order valence-corrected chi connectivity index (χ2v) is 6.68. The van der Waals surface area contributed by atoms with Gasteiger partial charge in [0.1, 0.15) is 6.33 Å². The van der Waals surface area contributed by atoms with Gasteiger partial charge in [-0.25, -0.2) is 19.9 Å². The number of anilines is 4. The summed E-state index contributed by atoms with van der Waals surface area (Å²) in [7, 11) is 0. The molecule has 0 saturated heterocycles. The van der Waals surface area contributed by atoms with Gasteiger partial charge in [-0.15, -0.1) is 11.3 Å². The van der Waals surface area contributed by atoms with Gasteiger partial charge in [0.05, 0.1) is 15.1 Å². The zero-order valence-electron chi connectivity index (χ0n) is 12.4. The first-order chi connectivity index (χ1) is 12.2. The summed E-state index contributed by atoms with van der Waals surface area (Å²) in [6.45, 7) is 0. The Bertz CT molecular complexity index is 1020. The number of rotatable bonds is 5. The van der Waals surface area contributed by atoms with E-state index in [-0.39, 0.29) is 17.3 Å². The highest BCUT2D eigenvalue weighted by Crippen LogP contribution is 2.35. The Morgan fingerprint density at radius 2 is 1.80 bits per heavy atom. The van der Waals surface area contributed by atoms with E-state index in [1.165, 1.54) is 29.0 Å². The smallest absolute Gasteiger partial charge is 0.310 e. The van der Waals surface area contributed by atoms with E-state index in [0.29, 0.717) is 10.3 Å². The monoisotopic (exact) mass is 371 g/mol.